The van der Waals surface area contributed by atoms with Gasteiger partial charge in [0.25, 0.3) is 0 Å². The minimum atomic E-state index is -0.728. The van der Waals surface area contributed by atoms with Crippen LogP contribution >= 0.6 is 15.9 Å². The van der Waals surface area contributed by atoms with E-state index in [1.54, 1.807) is 49.9 Å². The number of benzene rings is 1. The number of amides is 2. The molecule has 1 heterocycles. The Bertz CT molecular complexity index is 758. The van der Waals surface area contributed by atoms with Gasteiger partial charge in [0.2, 0.25) is 5.91 Å². The second kappa shape index (κ2) is 11.3. The fourth-order valence-electron chi connectivity index (χ4n) is 2.80. The molecular weight excluding hydrogens is 472 g/mol. The first kappa shape index (κ1) is 24.9. The van der Waals surface area contributed by atoms with Crippen molar-refractivity contribution in [1.29, 1.82) is 0 Å². The van der Waals surface area contributed by atoms with Gasteiger partial charge in [0.1, 0.15) is 11.4 Å². The molecule has 1 N–H and O–H groups in total. The maximum absolute atomic E-state index is 12.7. The molecule has 31 heavy (non-hydrogen) atoms. The summed E-state index contributed by atoms with van der Waals surface area (Å²) in [6.07, 6.45) is -0.642. The molecule has 0 unspecified atom stereocenters. The first-order valence-electron chi connectivity index (χ1n) is 9.93. The van der Waals surface area contributed by atoms with Gasteiger partial charge in [-0.15, -0.1) is 0 Å². The van der Waals surface area contributed by atoms with Crippen LogP contribution in [0.2, 0.25) is 0 Å². The molecule has 0 saturated carbocycles. The number of ether oxygens (including phenoxy) is 4. The molecule has 0 radical (unpaired) electrons. The van der Waals surface area contributed by atoms with Gasteiger partial charge in [0.15, 0.2) is 5.01 Å². The molecular formula is C21H29BrN2O7. The number of hydrogen-bond acceptors (Lipinski definition) is 7. The lowest BCUT2D eigenvalue weighted by Crippen LogP contribution is -2.49. The van der Waals surface area contributed by atoms with E-state index in [4.69, 9.17) is 14.2 Å². The van der Waals surface area contributed by atoms with Gasteiger partial charge in [-0.05, 0) is 61.0 Å². The second-order valence-electron chi connectivity index (χ2n) is 7.93. The minimum Gasteiger partial charge on any atom is -0.477 e. The highest BCUT2D eigenvalue weighted by Gasteiger charge is 2.30. The molecule has 2 amide bonds. The number of esters is 1. The molecule has 1 fully saturated rings. The van der Waals surface area contributed by atoms with Gasteiger partial charge >= 0.3 is 12.1 Å². The van der Waals surface area contributed by atoms with E-state index in [0.717, 1.165) is 0 Å². The van der Waals surface area contributed by atoms with Crippen LogP contribution in [0.15, 0.2) is 24.3 Å². The third-order valence-electron chi connectivity index (χ3n) is 4.30. The normalized spacial score (nSPS) is 16.1. The summed E-state index contributed by atoms with van der Waals surface area (Å²) in [5.74, 6) is -0.134. The number of rotatable bonds is 7. The molecule has 1 saturated heterocycles. The lowest BCUT2D eigenvalue weighted by atomic mass is 10.2. The number of methoxy groups -OCH3 is 1. The Labute approximate surface area is 190 Å². The molecule has 0 aromatic heterocycles. The summed E-state index contributed by atoms with van der Waals surface area (Å²) in [6.45, 7) is 7.23. The number of halogens is 1. The maximum Gasteiger partial charge on any atom is 0.408 e. The van der Waals surface area contributed by atoms with Crippen molar-refractivity contribution >= 4 is 33.9 Å². The van der Waals surface area contributed by atoms with Gasteiger partial charge in [-0.2, -0.15) is 0 Å². The lowest BCUT2D eigenvalue weighted by Gasteiger charge is -2.30. The molecule has 2 rings (SSSR count). The Morgan fingerprint density at radius 1 is 1.16 bits per heavy atom. The van der Waals surface area contributed by atoms with Crippen molar-refractivity contribution in [2.24, 2.45) is 0 Å². The number of morpholine rings is 1. The van der Waals surface area contributed by atoms with E-state index < -0.39 is 28.7 Å². The summed E-state index contributed by atoms with van der Waals surface area (Å²) in [5, 5.41) is 1.99. The average Bonchev–Trinajstić information content (AvgIpc) is 2.72. The van der Waals surface area contributed by atoms with Gasteiger partial charge in [0, 0.05) is 13.1 Å². The van der Waals surface area contributed by atoms with E-state index in [1.165, 1.54) is 7.11 Å². The van der Waals surface area contributed by atoms with Crippen molar-refractivity contribution in [3.8, 4) is 5.75 Å². The predicted octanol–water partition coefficient (Wildman–Crippen LogP) is 2.72. The maximum atomic E-state index is 12.7. The Balaban J connectivity index is 2.08. The first-order valence-corrected chi connectivity index (χ1v) is 10.8. The topological polar surface area (TPSA) is 103 Å². The Morgan fingerprint density at radius 3 is 2.32 bits per heavy atom. The van der Waals surface area contributed by atoms with Crippen LogP contribution < -0.4 is 10.1 Å². The zero-order chi connectivity index (χ0) is 23.0. The highest BCUT2D eigenvalue weighted by molar-refractivity contribution is 9.09. The number of carbonyl (C=O) groups excluding carboxylic acids is 3. The highest BCUT2D eigenvalue weighted by atomic mass is 79.9. The van der Waals surface area contributed by atoms with Crippen molar-refractivity contribution in [1.82, 2.24) is 10.2 Å². The van der Waals surface area contributed by atoms with Gasteiger partial charge in [-0.3, -0.25) is 4.79 Å². The Kier molecular flexibility index (Phi) is 9.12. The molecule has 0 bridgehead atoms. The molecule has 1 aromatic carbocycles. The van der Waals surface area contributed by atoms with Gasteiger partial charge in [-0.25, -0.2) is 9.59 Å². The molecule has 1 aliphatic rings. The zero-order valence-electron chi connectivity index (χ0n) is 18.2. The molecule has 1 aromatic rings. The molecule has 172 valence electrons. The third kappa shape index (κ3) is 8.37. The average molecular weight is 501 g/mol. The molecule has 2 atom stereocenters. The van der Waals surface area contributed by atoms with E-state index in [1.807, 2.05) is 0 Å². The number of alkyl halides is 1. The zero-order valence-corrected chi connectivity index (χ0v) is 19.8. The van der Waals surface area contributed by atoms with Gasteiger partial charge in [-0.1, -0.05) is 0 Å². The summed E-state index contributed by atoms with van der Waals surface area (Å²) in [6, 6.07) is 5.64. The summed E-state index contributed by atoms with van der Waals surface area (Å²) >= 11 is 3.42. The fraction of sp³-hybridized carbons (Fsp3) is 0.571. The SMILES string of the molecule is COC(=O)c1ccc(O[C@@H](Br)[C@H](CC(=O)N2CCOCC2)NC(=O)OC(C)(C)C)cc1. The summed E-state index contributed by atoms with van der Waals surface area (Å²) in [4.78, 5) is 38.3. The van der Waals surface area contributed by atoms with Crippen molar-refractivity contribution in [2.45, 2.75) is 43.8 Å². The molecule has 0 aliphatic carbocycles. The largest absolute Gasteiger partial charge is 0.477 e. The van der Waals surface area contributed by atoms with E-state index in [2.05, 4.69) is 26.0 Å². The minimum absolute atomic E-state index is 0.00933. The number of alkyl carbamates (subject to hydrolysis) is 1. The van der Waals surface area contributed by atoms with Crippen LogP contribution in [0.25, 0.3) is 0 Å². The van der Waals surface area contributed by atoms with Crippen LogP contribution in [0.3, 0.4) is 0 Å². The monoisotopic (exact) mass is 500 g/mol. The van der Waals surface area contributed by atoms with E-state index in [9.17, 15) is 14.4 Å². The highest BCUT2D eigenvalue weighted by Crippen LogP contribution is 2.21. The van der Waals surface area contributed by atoms with Crippen molar-refractivity contribution < 1.29 is 33.3 Å². The van der Waals surface area contributed by atoms with Crippen molar-refractivity contribution in [3.05, 3.63) is 29.8 Å². The van der Waals surface area contributed by atoms with Crippen LogP contribution in [-0.2, 0) is 19.0 Å². The number of nitrogens with one attached hydrogen (secondary N) is 1. The second-order valence-corrected chi connectivity index (χ2v) is 8.84. The Morgan fingerprint density at radius 2 is 1.77 bits per heavy atom. The fourth-order valence-corrected chi connectivity index (χ4v) is 3.33. The van der Waals surface area contributed by atoms with Gasteiger partial charge in [0.05, 0.1) is 38.3 Å². The van der Waals surface area contributed by atoms with Gasteiger partial charge < -0.3 is 29.2 Å². The van der Waals surface area contributed by atoms with Crippen LogP contribution in [0.4, 0.5) is 4.79 Å². The van der Waals surface area contributed by atoms with E-state index >= 15 is 0 Å². The summed E-state index contributed by atoms with van der Waals surface area (Å²) < 4.78 is 21.2. The quantitative estimate of drug-likeness (QED) is 0.453. The van der Waals surface area contributed by atoms with E-state index in [-0.39, 0.29) is 12.3 Å². The molecule has 1 aliphatic heterocycles. The number of nitrogens with zero attached hydrogens (tertiary/aromatic N) is 1. The Hall–Kier alpha value is -2.33. The van der Waals surface area contributed by atoms with Crippen molar-refractivity contribution in [2.75, 3.05) is 33.4 Å². The lowest BCUT2D eigenvalue weighted by molar-refractivity contribution is -0.136. The van der Waals surface area contributed by atoms with Crippen LogP contribution in [-0.4, -0.2) is 72.9 Å². The molecule has 0 spiro atoms. The molecule has 9 nitrogen and oxygen atoms in total. The summed E-state index contributed by atoms with van der Waals surface area (Å²) in [7, 11) is 1.31. The van der Waals surface area contributed by atoms with Crippen molar-refractivity contribution in [3.63, 3.8) is 0 Å². The first-order chi connectivity index (χ1) is 14.6. The smallest absolute Gasteiger partial charge is 0.408 e. The molecule has 10 heteroatoms. The van der Waals surface area contributed by atoms with Crippen LogP contribution in [0, 0.1) is 0 Å². The summed E-state index contributed by atoms with van der Waals surface area (Å²) in [5.41, 5.74) is -0.304. The van der Waals surface area contributed by atoms with Crippen LogP contribution in [0.1, 0.15) is 37.6 Å². The predicted molar refractivity (Wildman–Crippen MR) is 116 cm³/mol. The third-order valence-corrected chi connectivity index (χ3v) is 5.13. The standard InChI is InChI=1S/C21H29BrN2O7/c1-21(2,3)31-20(27)23-16(13-17(25)24-9-11-29-12-10-24)18(22)30-15-7-5-14(6-8-15)19(26)28-4/h5-8,16,18H,9-13H2,1-4H3,(H,23,27)/t16-,18+/m0/s1. The number of hydrogen-bond donors (Lipinski definition) is 1. The van der Waals surface area contributed by atoms with Crippen LogP contribution in [0.5, 0.6) is 5.75 Å². The number of carbonyl (C=O) groups is 3. The van der Waals surface area contributed by atoms with E-state index in [0.29, 0.717) is 37.6 Å².